The fourth-order valence-electron chi connectivity index (χ4n) is 1.29. The Balaban J connectivity index is 2.75. The van der Waals surface area contributed by atoms with Gasteiger partial charge in [-0.1, -0.05) is 19.9 Å². The van der Waals surface area contributed by atoms with Crippen LogP contribution in [0.5, 0.6) is 0 Å². The minimum atomic E-state index is -0.368. The van der Waals surface area contributed by atoms with Gasteiger partial charge in [0.05, 0.1) is 0 Å². The molecule has 1 N–H and O–H groups in total. The van der Waals surface area contributed by atoms with E-state index in [0.29, 0.717) is 0 Å². The molecule has 1 fully saturated rings. The lowest BCUT2D eigenvalue weighted by Crippen LogP contribution is -2.34. The number of carbonyl (C=O) groups excluding carboxylic acids is 2. The van der Waals surface area contributed by atoms with Gasteiger partial charge in [-0.05, 0) is 5.92 Å². The Morgan fingerprint density at radius 3 is 2.62 bits per heavy atom. The molecule has 0 aromatic rings. The van der Waals surface area contributed by atoms with E-state index >= 15 is 0 Å². The van der Waals surface area contributed by atoms with Crippen molar-refractivity contribution in [1.82, 2.24) is 10.2 Å². The Labute approximate surface area is 77.6 Å². The molecule has 0 aromatic heterocycles. The number of amides is 3. The van der Waals surface area contributed by atoms with E-state index in [2.05, 4.69) is 11.9 Å². The lowest BCUT2D eigenvalue weighted by atomic mass is 10.1. The van der Waals surface area contributed by atoms with Gasteiger partial charge in [0.2, 0.25) is 0 Å². The molecule has 3 amide bonds. The molecule has 0 radical (unpaired) electrons. The second-order valence-electron chi connectivity index (χ2n) is 3.41. The van der Waals surface area contributed by atoms with E-state index in [1.165, 1.54) is 4.90 Å². The molecule has 1 saturated heterocycles. The number of nitrogens with one attached hydrogen (secondary N) is 1. The van der Waals surface area contributed by atoms with Crippen LogP contribution < -0.4 is 5.32 Å². The van der Waals surface area contributed by atoms with Gasteiger partial charge in [-0.15, -0.1) is 6.58 Å². The Morgan fingerprint density at radius 1 is 1.62 bits per heavy atom. The molecule has 1 heterocycles. The van der Waals surface area contributed by atoms with Crippen LogP contribution in [0, 0.1) is 5.92 Å². The van der Waals surface area contributed by atoms with Gasteiger partial charge in [-0.3, -0.25) is 9.69 Å². The molecule has 1 aliphatic rings. The van der Waals surface area contributed by atoms with Crippen LogP contribution in [-0.2, 0) is 4.79 Å². The topological polar surface area (TPSA) is 49.4 Å². The molecule has 1 unspecified atom stereocenters. The largest absolute Gasteiger partial charge is 0.326 e. The highest BCUT2D eigenvalue weighted by atomic mass is 16.2. The van der Waals surface area contributed by atoms with E-state index in [0.717, 1.165) is 0 Å². The number of carbonyl (C=O) groups is 2. The van der Waals surface area contributed by atoms with Crippen molar-refractivity contribution in [3.05, 3.63) is 12.7 Å². The molecule has 1 rings (SSSR count). The van der Waals surface area contributed by atoms with Crippen molar-refractivity contribution in [2.75, 3.05) is 6.54 Å². The fourth-order valence-corrected chi connectivity index (χ4v) is 1.29. The minimum absolute atomic E-state index is 0.131. The Bertz CT molecular complexity index is 248. The summed E-state index contributed by atoms with van der Waals surface area (Å²) in [6.07, 6.45) is 1.54. The number of urea groups is 1. The third-order valence-corrected chi connectivity index (χ3v) is 2.03. The van der Waals surface area contributed by atoms with Gasteiger partial charge in [0.25, 0.3) is 5.91 Å². The Morgan fingerprint density at radius 2 is 2.23 bits per heavy atom. The van der Waals surface area contributed by atoms with Crippen LogP contribution >= 0.6 is 0 Å². The average molecular weight is 182 g/mol. The molecule has 0 aliphatic carbocycles. The van der Waals surface area contributed by atoms with Crippen LogP contribution in [-0.4, -0.2) is 29.4 Å². The van der Waals surface area contributed by atoms with Gasteiger partial charge >= 0.3 is 6.03 Å². The normalized spacial score (nSPS) is 22.4. The number of hydrogen-bond donors (Lipinski definition) is 1. The molecule has 4 nitrogen and oxygen atoms in total. The highest BCUT2D eigenvalue weighted by molar-refractivity contribution is 6.04. The maximum Gasteiger partial charge on any atom is 0.325 e. The zero-order valence-corrected chi connectivity index (χ0v) is 7.91. The molecule has 13 heavy (non-hydrogen) atoms. The van der Waals surface area contributed by atoms with E-state index in [9.17, 15) is 9.59 Å². The van der Waals surface area contributed by atoms with Crippen molar-refractivity contribution >= 4 is 11.9 Å². The summed E-state index contributed by atoms with van der Waals surface area (Å²) in [6.45, 7) is 7.58. The number of imide groups is 1. The molecule has 0 spiro atoms. The lowest BCUT2D eigenvalue weighted by molar-refractivity contribution is -0.127. The number of rotatable bonds is 3. The number of hydrogen-bond acceptors (Lipinski definition) is 2. The van der Waals surface area contributed by atoms with Crippen molar-refractivity contribution in [3.8, 4) is 0 Å². The van der Waals surface area contributed by atoms with Crippen molar-refractivity contribution in [1.29, 1.82) is 0 Å². The van der Waals surface area contributed by atoms with E-state index in [1.54, 1.807) is 6.08 Å². The van der Waals surface area contributed by atoms with Gasteiger partial charge in [0, 0.05) is 6.54 Å². The number of nitrogens with zero attached hydrogens (tertiary/aromatic N) is 1. The quantitative estimate of drug-likeness (QED) is 0.517. The van der Waals surface area contributed by atoms with Crippen LogP contribution in [0.1, 0.15) is 13.8 Å². The summed E-state index contributed by atoms with van der Waals surface area (Å²) in [5, 5.41) is 2.63. The summed E-state index contributed by atoms with van der Waals surface area (Å²) in [7, 11) is 0. The summed E-state index contributed by atoms with van der Waals surface area (Å²) in [4.78, 5) is 24.0. The summed E-state index contributed by atoms with van der Waals surface area (Å²) in [5.74, 6) is -0.0221. The third kappa shape index (κ3) is 1.71. The molecule has 0 aromatic carbocycles. The van der Waals surface area contributed by atoms with Crippen LogP contribution in [0.25, 0.3) is 0 Å². The van der Waals surface area contributed by atoms with Crippen molar-refractivity contribution in [3.63, 3.8) is 0 Å². The summed E-state index contributed by atoms with van der Waals surface area (Å²) in [6, 6.07) is -0.684. The first kappa shape index (κ1) is 9.77. The first-order valence-electron chi connectivity index (χ1n) is 4.30. The summed E-state index contributed by atoms with van der Waals surface area (Å²) in [5.41, 5.74) is 0. The molecule has 4 heteroatoms. The highest BCUT2D eigenvalue weighted by Crippen LogP contribution is 2.13. The first-order valence-corrected chi connectivity index (χ1v) is 4.30. The fraction of sp³-hybridized carbons (Fsp3) is 0.556. The molecular weight excluding hydrogens is 168 g/mol. The summed E-state index contributed by atoms with van der Waals surface area (Å²) >= 11 is 0. The maximum absolute atomic E-state index is 11.5. The van der Waals surface area contributed by atoms with Gasteiger partial charge in [0.15, 0.2) is 0 Å². The molecule has 0 bridgehead atoms. The molecule has 72 valence electrons. The van der Waals surface area contributed by atoms with Gasteiger partial charge < -0.3 is 5.32 Å². The van der Waals surface area contributed by atoms with Crippen LogP contribution in [0.15, 0.2) is 12.7 Å². The van der Waals surface area contributed by atoms with Crippen LogP contribution in [0.2, 0.25) is 0 Å². The van der Waals surface area contributed by atoms with E-state index in [4.69, 9.17) is 0 Å². The Hall–Kier alpha value is -1.32. The molecule has 1 aliphatic heterocycles. The smallest absolute Gasteiger partial charge is 0.325 e. The standard InChI is InChI=1S/C9H14N2O2/c1-4-5-11-8(12)7(6(2)3)10-9(11)13/h4,6-7H,1,5H2,2-3H3,(H,10,13). The lowest BCUT2D eigenvalue weighted by Gasteiger charge is -2.12. The van der Waals surface area contributed by atoms with Gasteiger partial charge in [-0.2, -0.15) is 0 Å². The average Bonchev–Trinajstić information content (AvgIpc) is 2.32. The van der Waals surface area contributed by atoms with Gasteiger partial charge in [-0.25, -0.2) is 4.79 Å². The van der Waals surface area contributed by atoms with Crippen molar-refractivity contribution < 1.29 is 9.59 Å². The molecule has 1 atom stereocenters. The third-order valence-electron chi connectivity index (χ3n) is 2.03. The maximum atomic E-state index is 11.5. The first-order chi connectivity index (χ1) is 6.07. The van der Waals surface area contributed by atoms with Crippen molar-refractivity contribution in [2.24, 2.45) is 5.92 Å². The van der Waals surface area contributed by atoms with Crippen LogP contribution in [0.4, 0.5) is 4.79 Å². The van der Waals surface area contributed by atoms with Gasteiger partial charge in [0.1, 0.15) is 6.04 Å². The monoisotopic (exact) mass is 182 g/mol. The second-order valence-corrected chi connectivity index (χ2v) is 3.41. The van der Waals surface area contributed by atoms with E-state index in [-0.39, 0.29) is 30.4 Å². The van der Waals surface area contributed by atoms with Crippen LogP contribution in [0.3, 0.4) is 0 Å². The second kappa shape index (κ2) is 3.60. The Kier molecular flexibility index (Phi) is 2.70. The highest BCUT2D eigenvalue weighted by Gasteiger charge is 2.38. The van der Waals surface area contributed by atoms with Crippen molar-refractivity contribution in [2.45, 2.75) is 19.9 Å². The molecular formula is C9H14N2O2. The molecule has 0 saturated carbocycles. The minimum Gasteiger partial charge on any atom is -0.326 e. The zero-order chi connectivity index (χ0) is 10.0. The zero-order valence-electron chi connectivity index (χ0n) is 7.91. The predicted molar refractivity (Wildman–Crippen MR) is 49.1 cm³/mol. The predicted octanol–water partition coefficient (Wildman–Crippen LogP) is 0.749. The summed E-state index contributed by atoms with van der Waals surface area (Å²) < 4.78 is 0. The SMILES string of the molecule is C=CCN1C(=O)NC(C(C)C)C1=O. The van der Waals surface area contributed by atoms with E-state index in [1.807, 2.05) is 13.8 Å². The van der Waals surface area contributed by atoms with E-state index < -0.39 is 0 Å².